The lowest BCUT2D eigenvalue weighted by Gasteiger charge is -2.53. The molecule has 118 valence electrons. The number of ether oxygens (including phenoxy) is 1. The van der Waals surface area contributed by atoms with E-state index in [-0.39, 0.29) is 0 Å². The molecule has 0 aromatic heterocycles. The van der Waals surface area contributed by atoms with E-state index < -0.39 is 0 Å². The molecule has 3 heteroatoms. The van der Waals surface area contributed by atoms with E-state index in [1.54, 1.807) is 0 Å². The van der Waals surface area contributed by atoms with Crippen LogP contribution in [-0.4, -0.2) is 49.3 Å². The molecule has 1 saturated heterocycles. The molecule has 1 aliphatic heterocycles. The molecule has 0 aromatic carbocycles. The van der Waals surface area contributed by atoms with Crippen molar-refractivity contribution in [2.75, 3.05) is 26.7 Å². The summed E-state index contributed by atoms with van der Waals surface area (Å²) < 4.78 is 5.54. The van der Waals surface area contributed by atoms with Crippen LogP contribution in [0.15, 0.2) is 0 Å². The zero-order valence-corrected chi connectivity index (χ0v) is 14.0. The first-order chi connectivity index (χ1) is 9.55. The fraction of sp³-hybridized carbons (Fsp3) is 1.00. The summed E-state index contributed by atoms with van der Waals surface area (Å²) in [5, 5.41) is 3.85. The van der Waals surface area contributed by atoms with Gasteiger partial charge in [-0.1, -0.05) is 33.1 Å². The number of hydrogen-bond acceptors (Lipinski definition) is 3. The van der Waals surface area contributed by atoms with E-state index in [4.69, 9.17) is 4.74 Å². The van der Waals surface area contributed by atoms with Crippen LogP contribution in [0.25, 0.3) is 0 Å². The second-order valence-electron chi connectivity index (χ2n) is 7.44. The molecular formula is C17H34N2O. The highest BCUT2D eigenvalue weighted by atomic mass is 16.5. The van der Waals surface area contributed by atoms with Gasteiger partial charge in [0.1, 0.15) is 0 Å². The Morgan fingerprint density at radius 3 is 2.50 bits per heavy atom. The van der Waals surface area contributed by atoms with Crippen molar-refractivity contribution < 1.29 is 4.74 Å². The summed E-state index contributed by atoms with van der Waals surface area (Å²) in [5.74, 6) is 0.773. The van der Waals surface area contributed by atoms with Crippen LogP contribution in [0.3, 0.4) is 0 Å². The third-order valence-corrected chi connectivity index (χ3v) is 5.25. The summed E-state index contributed by atoms with van der Waals surface area (Å²) >= 11 is 0. The van der Waals surface area contributed by atoms with E-state index in [2.05, 4.69) is 31.0 Å². The average Bonchev–Trinajstić information content (AvgIpc) is 2.43. The molecule has 0 radical (unpaired) electrons. The summed E-state index contributed by atoms with van der Waals surface area (Å²) in [4.78, 5) is 2.77. The predicted molar refractivity (Wildman–Crippen MR) is 85.1 cm³/mol. The van der Waals surface area contributed by atoms with Crippen molar-refractivity contribution >= 4 is 0 Å². The van der Waals surface area contributed by atoms with E-state index in [0.717, 1.165) is 12.5 Å². The molecule has 0 amide bonds. The smallest absolute Gasteiger partial charge is 0.0670 e. The molecule has 2 aliphatic rings. The molecule has 1 spiro atoms. The van der Waals surface area contributed by atoms with Crippen molar-refractivity contribution in [3.63, 3.8) is 0 Å². The molecule has 20 heavy (non-hydrogen) atoms. The molecule has 1 saturated carbocycles. The van der Waals surface area contributed by atoms with Crippen molar-refractivity contribution in [1.29, 1.82) is 0 Å². The van der Waals surface area contributed by atoms with Crippen molar-refractivity contribution in [3.8, 4) is 0 Å². The Bertz CT molecular complexity index is 287. The van der Waals surface area contributed by atoms with Crippen LogP contribution in [0.4, 0.5) is 0 Å². The molecule has 2 fully saturated rings. The minimum atomic E-state index is 0.339. The third kappa shape index (κ3) is 3.96. The van der Waals surface area contributed by atoms with Crippen molar-refractivity contribution in [2.24, 2.45) is 5.92 Å². The highest BCUT2D eigenvalue weighted by molar-refractivity contribution is 5.01. The average molecular weight is 282 g/mol. The molecule has 1 N–H and O–H groups in total. The standard InChI is InChI=1S/C17H34N2O/c1-14(2)10-16-12-19(11-15(3)20-4)17(13-18-16)8-6-5-7-9-17/h14-16,18H,5-13H2,1-4H3. The topological polar surface area (TPSA) is 24.5 Å². The molecule has 0 bridgehead atoms. The Hall–Kier alpha value is -0.120. The first-order valence-corrected chi connectivity index (χ1v) is 8.57. The zero-order valence-electron chi connectivity index (χ0n) is 14.0. The van der Waals surface area contributed by atoms with E-state index in [0.29, 0.717) is 17.7 Å². The maximum Gasteiger partial charge on any atom is 0.0670 e. The van der Waals surface area contributed by atoms with Gasteiger partial charge in [0.25, 0.3) is 0 Å². The second kappa shape index (κ2) is 7.24. The monoisotopic (exact) mass is 282 g/mol. The fourth-order valence-electron chi connectivity index (χ4n) is 4.05. The molecular weight excluding hydrogens is 248 g/mol. The van der Waals surface area contributed by atoms with Crippen LogP contribution in [0.1, 0.15) is 59.3 Å². The van der Waals surface area contributed by atoms with Gasteiger partial charge in [-0.3, -0.25) is 4.90 Å². The van der Waals surface area contributed by atoms with Crippen LogP contribution < -0.4 is 5.32 Å². The van der Waals surface area contributed by atoms with E-state index in [9.17, 15) is 0 Å². The first-order valence-electron chi connectivity index (χ1n) is 8.57. The summed E-state index contributed by atoms with van der Waals surface area (Å²) in [6.45, 7) is 10.3. The third-order valence-electron chi connectivity index (χ3n) is 5.25. The lowest BCUT2D eigenvalue weighted by atomic mass is 9.77. The Labute approximate surface area is 125 Å². The van der Waals surface area contributed by atoms with Crippen LogP contribution in [0, 0.1) is 5.92 Å². The zero-order chi connectivity index (χ0) is 14.6. The van der Waals surface area contributed by atoms with Crippen LogP contribution in [0.2, 0.25) is 0 Å². The Morgan fingerprint density at radius 1 is 1.20 bits per heavy atom. The largest absolute Gasteiger partial charge is 0.380 e. The van der Waals surface area contributed by atoms with E-state index in [1.807, 2.05) is 7.11 Å². The highest BCUT2D eigenvalue weighted by Crippen LogP contribution is 2.36. The normalized spacial score (nSPS) is 28.9. The van der Waals surface area contributed by atoms with Gasteiger partial charge in [0, 0.05) is 38.3 Å². The van der Waals surface area contributed by atoms with Crippen LogP contribution >= 0.6 is 0 Å². The number of rotatable bonds is 5. The summed E-state index contributed by atoms with van der Waals surface area (Å²) in [5.41, 5.74) is 0.415. The summed E-state index contributed by atoms with van der Waals surface area (Å²) in [7, 11) is 1.84. The van der Waals surface area contributed by atoms with Crippen molar-refractivity contribution in [1.82, 2.24) is 10.2 Å². The lowest BCUT2D eigenvalue weighted by Crippen LogP contribution is -2.66. The quantitative estimate of drug-likeness (QED) is 0.839. The minimum absolute atomic E-state index is 0.339. The van der Waals surface area contributed by atoms with Gasteiger partial charge in [-0.2, -0.15) is 0 Å². The molecule has 3 nitrogen and oxygen atoms in total. The minimum Gasteiger partial charge on any atom is -0.380 e. The van der Waals surface area contributed by atoms with Crippen LogP contribution in [-0.2, 0) is 4.74 Å². The molecule has 1 aliphatic carbocycles. The number of nitrogens with one attached hydrogen (secondary N) is 1. The fourth-order valence-corrected chi connectivity index (χ4v) is 4.05. The summed E-state index contributed by atoms with van der Waals surface area (Å²) in [6, 6.07) is 0.659. The number of piperazine rings is 1. The first kappa shape index (κ1) is 16.3. The Kier molecular flexibility index (Phi) is 5.88. The second-order valence-corrected chi connectivity index (χ2v) is 7.44. The van der Waals surface area contributed by atoms with E-state index in [1.165, 1.54) is 51.6 Å². The van der Waals surface area contributed by atoms with Gasteiger partial charge in [0.15, 0.2) is 0 Å². The van der Waals surface area contributed by atoms with Crippen molar-refractivity contribution in [2.45, 2.75) is 77.0 Å². The van der Waals surface area contributed by atoms with Gasteiger partial charge in [0.05, 0.1) is 6.10 Å². The van der Waals surface area contributed by atoms with Gasteiger partial charge in [0.2, 0.25) is 0 Å². The Morgan fingerprint density at radius 2 is 1.90 bits per heavy atom. The van der Waals surface area contributed by atoms with Gasteiger partial charge < -0.3 is 10.1 Å². The SMILES string of the molecule is COC(C)CN1CC(CC(C)C)NCC12CCCCC2. The molecule has 2 rings (SSSR count). The van der Waals surface area contributed by atoms with Gasteiger partial charge in [-0.15, -0.1) is 0 Å². The number of hydrogen-bond donors (Lipinski definition) is 1. The molecule has 2 unspecified atom stereocenters. The lowest BCUT2D eigenvalue weighted by molar-refractivity contribution is -0.0282. The van der Waals surface area contributed by atoms with Gasteiger partial charge >= 0.3 is 0 Å². The van der Waals surface area contributed by atoms with Crippen molar-refractivity contribution in [3.05, 3.63) is 0 Å². The number of methoxy groups -OCH3 is 1. The van der Waals surface area contributed by atoms with Gasteiger partial charge in [-0.05, 0) is 32.1 Å². The maximum atomic E-state index is 5.54. The van der Waals surface area contributed by atoms with E-state index >= 15 is 0 Å². The molecule has 1 heterocycles. The predicted octanol–water partition coefficient (Wildman–Crippen LogP) is 3.04. The van der Waals surface area contributed by atoms with Crippen LogP contribution in [0.5, 0.6) is 0 Å². The molecule has 2 atom stereocenters. The number of nitrogens with zero attached hydrogens (tertiary/aromatic N) is 1. The highest BCUT2D eigenvalue weighted by Gasteiger charge is 2.42. The van der Waals surface area contributed by atoms with Gasteiger partial charge in [-0.25, -0.2) is 0 Å². The Balaban J connectivity index is 2.03. The maximum absolute atomic E-state index is 5.54. The summed E-state index contributed by atoms with van der Waals surface area (Å²) in [6.07, 6.45) is 8.57. The molecule has 0 aromatic rings.